The Labute approximate surface area is 121 Å². The lowest BCUT2D eigenvalue weighted by molar-refractivity contribution is 0.628. The molecule has 1 aromatic heterocycles. The van der Waals surface area contributed by atoms with Crippen LogP contribution in [0.3, 0.4) is 0 Å². The molecule has 102 valence electrons. The maximum absolute atomic E-state index is 13.3. The normalized spacial score (nSPS) is 12.4. The van der Waals surface area contributed by atoms with Crippen LogP contribution in [0.2, 0.25) is 5.02 Å². The van der Waals surface area contributed by atoms with Crippen molar-refractivity contribution < 1.29 is 4.39 Å². The molecule has 0 saturated heterocycles. The first-order chi connectivity index (χ1) is 9.12. The molecular formula is C14H16ClFN2S. The molecule has 0 aliphatic carbocycles. The molecular weight excluding hydrogens is 283 g/mol. The Kier molecular flexibility index (Phi) is 4.80. The lowest BCUT2D eigenvalue weighted by Gasteiger charge is -2.17. The molecule has 0 radical (unpaired) electrons. The molecule has 0 saturated carbocycles. The lowest BCUT2D eigenvalue weighted by Crippen LogP contribution is -2.19. The third kappa shape index (κ3) is 3.69. The number of aryl methyl sites for hydroxylation is 1. The predicted octanol–water partition coefficient (Wildman–Crippen LogP) is 4.21. The van der Waals surface area contributed by atoms with Crippen LogP contribution < -0.4 is 11.1 Å². The van der Waals surface area contributed by atoms with Gasteiger partial charge in [0.05, 0.1) is 6.04 Å². The van der Waals surface area contributed by atoms with Crippen molar-refractivity contribution >= 4 is 28.6 Å². The van der Waals surface area contributed by atoms with Gasteiger partial charge in [0.25, 0.3) is 0 Å². The van der Waals surface area contributed by atoms with Crippen molar-refractivity contribution in [2.75, 3.05) is 11.9 Å². The third-order valence-electron chi connectivity index (χ3n) is 2.81. The zero-order chi connectivity index (χ0) is 13.8. The number of hydrogen-bond acceptors (Lipinski definition) is 3. The summed E-state index contributed by atoms with van der Waals surface area (Å²) in [5.41, 5.74) is 6.44. The van der Waals surface area contributed by atoms with Crippen molar-refractivity contribution in [3.8, 4) is 0 Å². The summed E-state index contributed by atoms with van der Waals surface area (Å²) in [6, 6.07) is 8.54. The van der Waals surface area contributed by atoms with Gasteiger partial charge in [-0.05, 0) is 36.8 Å². The Morgan fingerprint density at radius 3 is 2.74 bits per heavy atom. The molecule has 2 nitrogen and oxygen atoms in total. The van der Waals surface area contributed by atoms with Crippen LogP contribution in [0.5, 0.6) is 0 Å². The van der Waals surface area contributed by atoms with E-state index in [1.807, 2.05) is 0 Å². The van der Waals surface area contributed by atoms with Crippen LogP contribution in [0.15, 0.2) is 30.3 Å². The van der Waals surface area contributed by atoms with E-state index < -0.39 is 0 Å². The summed E-state index contributed by atoms with van der Waals surface area (Å²) in [5.74, 6) is -0.355. The van der Waals surface area contributed by atoms with E-state index in [1.165, 1.54) is 17.0 Å². The first-order valence-corrected chi connectivity index (χ1v) is 7.33. The van der Waals surface area contributed by atoms with E-state index >= 15 is 0 Å². The first kappa shape index (κ1) is 14.3. The SMILES string of the molecule is CCc1ccc(C(CN)Nc2cc(F)cc(Cl)c2)s1. The van der Waals surface area contributed by atoms with Gasteiger partial charge in [0, 0.05) is 27.0 Å². The van der Waals surface area contributed by atoms with Gasteiger partial charge in [-0.15, -0.1) is 11.3 Å². The molecule has 3 N–H and O–H groups in total. The molecule has 5 heteroatoms. The average Bonchev–Trinajstić information content (AvgIpc) is 2.83. The molecule has 1 aromatic carbocycles. The highest BCUT2D eigenvalue weighted by Gasteiger charge is 2.12. The third-order valence-corrected chi connectivity index (χ3v) is 4.37. The molecule has 0 aliphatic heterocycles. The largest absolute Gasteiger partial charge is 0.376 e. The second-order valence-corrected chi connectivity index (χ2v) is 5.88. The van der Waals surface area contributed by atoms with E-state index in [1.54, 1.807) is 17.4 Å². The second kappa shape index (κ2) is 6.37. The fourth-order valence-electron chi connectivity index (χ4n) is 1.86. The maximum Gasteiger partial charge on any atom is 0.126 e. The van der Waals surface area contributed by atoms with Gasteiger partial charge in [0.15, 0.2) is 0 Å². The Hall–Kier alpha value is -1.10. The summed E-state index contributed by atoms with van der Waals surface area (Å²) >= 11 is 7.56. The van der Waals surface area contributed by atoms with E-state index in [4.69, 9.17) is 17.3 Å². The predicted molar refractivity (Wildman–Crippen MR) is 80.5 cm³/mol. The highest BCUT2D eigenvalue weighted by atomic mass is 35.5. The van der Waals surface area contributed by atoms with Crippen LogP contribution in [0.1, 0.15) is 22.7 Å². The minimum atomic E-state index is -0.355. The number of thiophene rings is 1. The molecule has 0 amide bonds. The number of nitrogens with two attached hydrogens (primary N) is 1. The fraction of sp³-hybridized carbons (Fsp3) is 0.286. The molecule has 0 fully saturated rings. The molecule has 0 bridgehead atoms. The Balaban J connectivity index is 2.18. The number of benzene rings is 1. The highest BCUT2D eigenvalue weighted by Crippen LogP contribution is 2.27. The van der Waals surface area contributed by atoms with Gasteiger partial charge in [-0.25, -0.2) is 4.39 Å². The summed E-state index contributed by atoms with van der Waals surface area (Å²) in [5, 5.41) is 3.60. The molecule has 19 heavy (non-hydrogen) atoms. The minimum Gasteiger partial charge on any atom is -0.376 e. The van der Waals surface area contributed by atoms with Gasteiger partial charge in [-0.1, -0.05) is 18.5 Å². The van der Waals surface area contributed by atoms with Crippen LogP contribution in [0.4, 0.5) is 10.1 Å². The molecule has 2 rings (SSSR count). The van der Waals surface area contributed by atoms with E-state index in [0.29, 0.717) is 17.3 Å². The molecule has 1 heterocycles. The van der Waals surface area contributed by atoms with E-state index in [-0.39, 0.29) is 11.9 Å². The van der Waals surface area contributed by atoms with E-state index in [0.717, 1.165) is 11.3 Å². The van der Waals surface area contributed by atoms with Gasteiger partial charge in [0.1, 0.15) is 5.82 Å². The average molecular weight is 299 g/mol. The summed E-state index contributed by atoms with van der Waals surface area (Å²) in [6.07, 6.45) is 1.01. The van der Waals surface area contributed by atoms with Crippen molar-refractivity contribution in [3.63, 3.8) is 0 Å². The van der Waals surface area contributed by atoms with Crippen LogP contribution in [-0.2, 0) is 6.42 Å². The topological polar surface area (TPSA) is 38.0 Å². The van der Waals surface area contributed by atoms with Gasteiger partial charge >= 0.3 is 0 Å². The maximum atomic E-state index is 13.3. The van der Waals surface area contributed by atoms with Crippen molar-refractivity contribution in [1.29, 1.82) is 0 Å². The van der Waals surface area contributed by atoms with Crippen LogP contribution in [0, 0.1) is 5.82 Å². The molecule has 0 spiro atoms. The Morgan fingerprint density at radius 1 is 1.37 bits per heavy atom. The minimum absolute atomic E-state index is 0.0248. The number of nitrogens with one attached hydrogen (secondary N) is 1. The number of anilines is 1. The quantitative estimate of drug-likeness (QED) is 0.867. The molecule has 2 aromatic rings. The number of hydrogen-bond donors (Lipinski definition) is 2. The second-order valence-electron chi connectivity index (χ2n) is 4.25. The van der Waals surface area contributed by atoms with Gasteiger partial charge in [-0.2, -0.15) is 0 Å². The molecule has 1 unspecified atom stereocenters. The number of halogens is 2. The summed E-state index contributed by atoms with van der Waals surface area (Å²) in [4.78, 5) is 2.47. The zero-order valence-electron chi connectivity index (χ0n) is 10.6. The van der Waals surface area contributed by atoms with Gasteiger partial charge < -0.3 is 11.1 Å². The lowest BCUT2D eigenvalue weighted by atomic mass is 10.2. The van der Waals surface area contributed by atoms with Gasteiger partial charge in [-0.3, -0.25) is 0 Å². The van der Waals surface area contributed by atoms with Crippen LogP contribution in [0.25, 0.3) is 0 Å². The van der Waals surface area contributed by atoms with Crippen LogP contribution in [-0.4, -0.2) is 6.54 Å². The summed E-state index contributed by atoms with van der Waals surface area (Å²) < 4.78 is 13.3. The Morgan fingerprint density at radius 2 is 2.16 bits per heavy atom. The monoisotopic (exact) mass is 298 g/mol. The van der Waals surface area contributed by atoms with E-state index in [2.05, 4.69) is 24.4 Å². The summed E-state index contributed by atoms with van der Waals surface area (Å²) in [7, 11) is 0. The molecule has 0 aliphatic rings. The van der Waals surface area contributed by atoms with Crippen molar-refractivity contribution in [2.45, 2.75) is 19.4 Å². The van der Waals surface area contributed by atoms with Crippen LogP contribution >= 0.6 is 22.9 Å². The standard InChI is InChI=1S/C14H16ClFN2S/c1-2-12-3-4-14(19-12)13(8-17)18-11-6-9(15)5-10(16)7-11/h3-7,13,18H,2,8,17H2,1H3. The van der Waals surface area contributed by atoms with Crippen molar-refractivity contribution in [3.05, 3.63) is 50.9 Å². The Bertz CT molecular complexity index is 536. The highest BCUT2D eigenvalue weighted by molar-refractivity contribution is 7.12. The van der Waals surface area contributed by atoms with Crippen molar-refractivity contribution in [2.24, 2.45) is 5.73 Å². The van der Waals surface area contributed by atoms with E-state index in [9.17, 15) is 4.39 Å². The van der Waals surface area contributed by atoms with Gasteiger partial charge in [0.2, 0.25) is 0 Å². The van der Waals surface area contributed by atoms with Crippen molar-refractivity contribution in [1.82, 2.24) is 0 Å². The summed E-state index contributed by atoms with van der Waals surface area (Å²) in [6.45, 7) is 2.56. The first-order valence-electron chi connectivity index (χ1n) is 6.13. The zero-order valence-corrected chi connectivity index (χ0v) is 12.2. The fourth-order valence-corrected chi connectivity index (χ4v) is 3.09. The molecule has 1 atom stereocenters. The number of rotatable bonds is 5. The smallest absolute Gasteiger partial charge is 0.126 e.